The molecule has 1 heterocycles. The minimum Gasteiger partial charge on any atom is -0.296 e. The standard InChI is InChI=1S/C19H20ClNO/c1-2-21-13-12-17(19(22)15-6-4-3-5-7-15)18(21)14-8-10-16(20)11-9-14/h3-11,17-18H,2,12-13H2,1H3/t17-,18?/m1/s1. The van der Waals surface area contributed by atoms with Gasteiger partial charge in [0.05, 0.1) is 0 Å². The molecule has 2 aromatic carbocycles. The third kappa shape index (κ3) is 2.94. The van der Waals surface area contributed by atoms with Crippen LogP contribution in [0.1, 0.15) is 35.3 Å². The van der Waals surface area contributed by atoms with Gasteiger partial charge in [0, 0.05) is 22.5 Å². The number of hydrogen-bond acceptors (Lipinski definition) is 2. The molecule has 0 N–H and O–H groups in total. The maximum atomic E-state index is 12.9. The van der Waals surface area contributed by atoms with Crippen molar-refractivity contribution in [2.45, 2.75) is 19.4 Å². The molecule has 1 unspecified atom stereocenters. The zero-order valence-electron chi connectivity index (χ0n) is 12.7. The molecule has 1 saturated heterocycles. The molecule has 0 radical (unpaired) electrons. The first kappa shape index (κ1) is 15.3. The molecule has 0 aliphatic carbocycles. The van der Waals surface area contributed by atoms with Crippen molar-refractivity contribution in [3.05, 3.63) is 70.7 Å². The summed E-state index contributed by atoms with van der Waals surface area (Å²) in [6.45, 7) is 4.07. The molecule has 22 heavy (non-hydrogen) atoms. The van der Waals surface area contributed by atoms with E-state index in [1.807, 2.05) is 54.6 Å². The highest BCUT2D eigenvalue weighted by molar-refractivity contribution is 6.30. The maximum absolute atomic E-state index is 12.9. The van der Waals surface area contributed by atoms with Crippen LogP contribution in [-0.2, 0) is 0 Å². The third-order valence-electron chi connectivity index (χ3n) is 4.51. The maximum Gasteiger partial charge on any atom is 0.167 e. The Kier molecular flexibility index (Phi) is 4.60. The van der Waals surface area contributed by atoms with E-state index in [9.17, 15) is 4.79 Å². The van der Waals surface area contributed by atoms with Crippen LogP contribution >= 0.6 is 11.6 Å². The fourth-order valence-corrected chi connectivity index (χ4v) is 3.53. The molecule has 0 bridgehead atoms. The highest BCUT2D eigenvalue weighted by Crippen LogP contribution is 2.39. The fraction of sp³-hybridized carbons (Fsp3) is 0.316. The van der Waals surface area contributed by atoms with E-state index in [1.54, 1.807) is 0 Å². The summed E-state index contributed by atoms with van der Waals surface area (Å²) in [5.74, 6) is 0.264. The molecule has 2 aromatic rings. The van der Waals surface area contributed by atoms with Gasteiger partial charge in [-0.1, -0.05) is 61.0 Å². The van der Waals surface area contributed by atoms with E-state index < -0.39 is 0 Å². The number of benzene rings is 2. The van der Waals surface area contributed by atoms with Crippen molar-refractivity contribution in [3.63, 3.8) is 0 Å². The van der Waals surface area contributed by atoms with E-state index in [2.05, 4.69) is 11.8 Å². The van der Waals surface area contributed by atoms with E-state index in [1.165, 1.54) is 5.56 Å². The predicted octanol–water partition coefficient (Wildman–Crippen LogP) is 4.61. The van der Waals surface area contributed by atoms with Crippen LogP contribution in [0.2, 0.25) is 5.02 Å². The molecule has 0 aromatic heterocycles. The van der Waals surface area contributed by atoms with E-state index in [-0.39, 0.29) is 17.7 Å². The van der Waals surface area contributed by atoms with Crippen LogP contribution in [0.4, 0.5) is 0 Å². The topological polar surface area (TPSA) is 20.3 Å². The van der Waals surface area contributed by atoms with Gasteiger partial charge in [0.1, 0.15) is 0 Å². The summed E-state index contributed by atoms with van der Waals surface area (Å²) in [6, 6.07) is 17.7. The minimum atomic E-state index is 0.0172. The number of hydrogen-bond donors (Lipinski definition) is 0. The average molecular weight is 314 g/mol. The Morgan fingerprint density at radius 3 is 2.45 bits per heavy atom. The van der Waals surface area contributed by atoms with E-state index >= 15 is 0 Å². The van der Waals surface area contributed by atoms with E-state index in [0.717, 1.165) is 30.1 Å². The quantitative estimate of drug-likeness (QED) is 0.768. The summed E-state index contributed by atoms with van der Waals surface area (Å²) in [7, 11) is 0. The summed E-state index contributed by atoms with van der Waals surface area (Å²) in [5, 5.41) is 0.732. The molecule has 2 nitrogen and oxygen atoms in total. The van der Waals surface area contributed by atoms with Gasteiger partial charge in [-0.15, -0.1) is 0 Å². The second kappa shape index (κ2) is 6.64. The molecule has 0 saturated carbocycles. The van der Waals surface area contributed by atoms with Crippen LogP contribution in [0.5, 0.6) is 0 Å². The molecular formula is C19H20ClNO. The van der Waals surface area contributed by atoms with E-state index in [0.29, 0.717) is 0 Å². The van der Waals surface area contributed by atoms with Crippen LogP contribution < -0.4 is 0 Å². The summed E-state index contributed by atoms with van der Waals surface area (Å²) < 4.78 is 0. The van der Waals surface area contributed by atoms with Gasteiger partial charge in [0.15, 0.2) is 5.78 Å². The van der Waals surface area contributed by atoms with Gasteiger partial charge in [-0.25, -0.2) is 0 Å². The van der Waals surface area contributed by atoms with Gasteiger partial charge >= 0.3 is 0 Å². The minimum absolute atomic E-state index is 0.0172. The lowest BCUT2D eigenvalue weighted by Crippen LogP contribution is -2.28. The Bertz CT molecular complexity index is 638. The van der Waals surface area contributed by atoms with Crippen molar-refractivity contribution in [3.8, 4) is 0 Å². The molecule has 3 heteroatoms. The van der Waals surface area contributed by atoms with Gasteiger partial charge in [-0.2, -0.15) is 0 Å². The second-order valence-corrected chi connectivity index (χ2v) is 6.19. The first-order valence-electron chi connectivity index (χ1n) is 7.79. The molecule has 1 aliphatic rings. The highest BCUT2D eigenvalue weighted by Gasteiger charge is 2.38. The van der Waals surface area contributed by atoms with Crippen molar-refractivity contribution in [2.75, 3.05) is 13.1 Å². The van der Waals surface area contributed by atoms with Crippen molar-refractivity contribution in [1.29, 1.82) is 0 Å². The van der Waals surface area contributed by atoms with Gasteiger partial charge < -0.3 is 0 Å². The van der Waals surface area contributed by atoms with Crippen molar-refractivity contribution < 1.29 is 4.79 Å². The van der Waals surface area contributed by atoms with Crippen LogP contribution in [0.25, 0.3) is 0 Å². The van der Waals surface area contributed by atoms with Crippen molar-refractivity contribution in [2.24, 2.45) is 5.92 Å². The lowest BCUT2D eigenvalue weighted by molar-refractivity contribution is 0.0883. The van der Waals surface area contributed by atoms with Gasteiger partial charge in [-0.3, -0.25) is 9.69 Å². The lowest BCUT2D eigenvalue weighted by atomic mass is 9.87. The summed E-state index contributed by atoms with van der Waals surface area (Å²) >= 11 is 6.00. The smallest absolute Gasteiger partial charge is 0.167 e. The van der Waals surface area contributed by atoms with Crippen molar-refractivity contribution in [1.82, 2.24) is 4.90 Å². The summed E-state index contributed by atoms with van der Waals surface area (Å²) in [6.07, 6.45) is 0.912. The van der Waals surface area contributed by atoms with E-state index in [4.69, 9.17) is 11.6 Å². The average Bonchev–Trinajstić information content (AvgIpc) is 2.99. The SMILES string of the molecule is CCN1CC[C@@H](C(=O)c2ccccc2)C1c1ccc(Cl)cc1. The Morgan fingerprint density at radius 1 is 1.14 bits per heavy atom. The number of nitrogens with zero attached hydrogens (tertiary/aromatic N) is 1. The first-order valence-corrected chi connectivity index (χ1v) is 8.17. The molecule has 3 rings (SSSR count). The first-order chi connectivity index (χ1) is 10.7. The molecule has 1 aliphatic heterocycles. The fourth-order valence-electron chi connectivity index (χ4n) is 3.41. The zero-order chi connectivity index (χ0) is 15.5. The van der Waals surface area contributed by atoms with Gasteiger partial charge in [-0.05, 0) is 37.2 Å². The largest absolute Gasteiger partial charge is 0.296 e. The molecule has 1 fully saturated rings. The number of halogens is 1. The number of Topliss-reactive ketones (excluding diaryl/α,β-unsaturated/α-hetero) is 1. The van der Waals surface area contributed by atoms with Gasteiger partial charge in [0.25, 0.3) is 0 Å². The summed E-state index contributed by atoms with van der Waals surface area (Å²) in [4.78, 5) is 15.3. The predicted molar refractivity (Wildman–Crippen MR) is 90.3 cm³/mol. The molecule has 114 valence electrons. The van der Waals surface area contributed by atoms with Crippen molar-refractivity contribution >= 4 is 17.4 Å². The van der Waals surface area contributed by atoms with Crippen LogP contribution in [0.15, 0.2) is 54.6 Å². The third-order valence-corrected chi connectivity index (χ3v) is 4.77. The number of carbonyl (C=O) groups excluding carboxylic acids is 1. The van der Waals surface area contributed by atoms with Gasteiger partial charge in [0.2, 0.25) is 0 Å². The molecular weight excluding hydrogens is 294 g/mol. The Labute approximate surface area is 136 Å². The Hall–Kier alpha value is -1.64. The molecule has 0 amide bonds. The highest BCUT2D eigenvalue weighted by atomic mass is 35.5. The molecule has 2 atom stereocenters. The number of ketones is 1. The number of rotatable bonds is 4. The molecule has 0 spiro atoms. The monoisotopic (exact) mass is 313 g/mol. The summed E-state index contributed by atoms with van der Waals surface area (Å²) in [5.41, 5.74) is 1.99. The zero-order valence-corrected chi connectivity index (χ0v) is 13.5. The number of carbonyl (C=O) groups is 1. The van der Waals surface area contributed by atoms with Crippen LogP contribution in [-0.4, -0.2) is 23.8 Å². The lowest BCUT2D eigenvalue weighted by Gasteiger charge is -2.27. The number of likely N-dealkylation sites (tertiary alicyclic amines) is 1. The normalized spacial score (nSPS) is 21.9. The Balaban J connectivity index is 1.92. The Morgan fingerprint density at radius 2 is 1.82 bits per heavy atom. The van der Waals surface area contributed by atoms with Crippen LogP contribution in [0, 0.1) is 5.92 Å². The second-order valence-electron chi connectivity index (χ2n) is 5.75. The van der Waals surface area contributed by atoms with Crippen LogP contribution in [0.3, 0.4) is 0 Å².